The maximum absolute atomic E-state index is 11.8. The second-order valence-corrected chi connectivity index (χ2v) is 8.28. The first kappa shape index (κ1) is 17.2. The zero-order valence-corrected chi connectivity index (χ0v) is 15.1. The van der Waals surface area contributed by atoms with Crippen molar-refractivity contribution in [3.8, 4) is 0 Å². The summed E-state index contributed by atoms with van der Waals surface area (Å²) in [6.45, 7) is 5.49. The van der Waals surface area contributed by atoms with E-state index in [1.54, 1.807) is 11.3 Å². The van der Waals surface area contributed by atoms with Gasteiger partial charge in [-0.05, 0) is 31.2 Å². The lowest BCUT2D eigenvalue weighted by Gasteiger charge is -2.08. The number of hydrogen-bond donors (Lipinski definition) is 2. The SMILES string of the molecule is CCCNC(=O)C(C)Sc1nnc(NCCc2cccs2)s1. The average Bonchev–Trinajstić information content (AvgIpc) is 3.17. The van der Waals surface area contributed by atoms with Crippen LogP contribution in [-0.2, 0) is 11.2 Å². The van der Waals surface area contributed by atoms with Crippen molar-refractivity contribution in [2.75, 3.05) is 18.4 Å². The van der Waals surface area contributed by atoms with Crippen molar-refractivity contribution >= 4 is 45.5 Å². The Bertz CT molecular complexity index is 570. The molecule has 22 heavy (non-hydrogen) atoms. The Morgan fingerprint density at radius 1 is 1.41 bits per heavy atom. The van der Waals surface area contributed by atoms with Crippen LogP contribution in [0.25, 0.3) is 0 Å². The predicted octanol–water partition coefficient (Wildman–Crippen LogP) is 3.26. The van der Waals surface area contributed by atoms with Crippen molar-refractivity contribution in [2.45, 2.75) is 36.3 Å². The van der Waals surface area contributed by atoms with E-state index in [9.17, 15) is 4.79 Å². The smallest absolute Gasteiger partial charge is 0.233 e. The third-order valence-electron chi connectivity index (χ3n) is 2.83. The molecule has 2 N–H and O–H groups in total. The van der Waals surface area contributed by atoms with Gasteiger partial charge in [0.15, 0.2) is 4.34 Å². The molecular weight excluding hydrogens is 336 g/mol. The number of thioether (sulfide) groups is 1. The average molecular weight is 357 g/mol. The third-order valence-corrected chi connectivity index (χ3v) is 5.83. The number of carbonyl (C=O) groups is 1. The first-order chi connectivity index (χ1) is 10.7. The third kappa shape index (κ3) is 5.58. The summed E-state index contributed by atoms with van der Waals surface area (Å²) in [6, 6.07) is 4.19. The van der Waals surface area contributed by atoms with E-state index in [0.29, 0.717) is 0 Å². The summed E-state index contributed by atoms with van der Waals surface area (Å²) in [7, 11) is 0. The van der Waals surface area contributed by atoms with E-state index in [0.717, 1.165) is 35.4 Å². The lowest BCUT2D eigenvalue weighted by atomic mass is 10.3. The molecule has 0 aliphatic carbocycles. The van der Waals surface area contributed by atoms with E-state index < -0.39 is 0 Å². The minimum absolute atomic E-state index is 0.0502. The minimum Gasteiger partial charge on any atom is -0.360 e. The van der Waals surface area contributed by atoms with Gasteiger partial charge < -0.3 is 10.6 Å². The van der Waals surface area contributed by atoms with E-state index >= 15 is 0 Å². The van der Waals surface area contributed by atoms with Crippen molar-refractivity contribution < 1.29 is 4.79 Å². The quantitative estimate of drug-likeness (QED) is 0.675. The summed E-state index contributed by atoms with van der Waals surface area (Å²) in [5.74, 6) is 0.0502. The molecule has 0 aromatic carbocycles. The van der Waals surface area contributed by atoms with Crippen LogP contribution in [0, 0.1) is 0 Å². The zero-order chi connectivity index (χ0) is 15.8. The number of hydrogen-bond acceptors (Lipinski definition) is 7. The van der Waals surface area contributed by atoms with Gasteiger partial charge in [-0.15, -0.1) is 21.5 Å². The number of anilines is 1. The molecule has 2 rings (SSSR count). The maximum atomic E-state index is 11.8. The molecular formula is C14H20N4OS3. The second-order valence-electron chi connectivity index (χ2n) is 4.68. The van der Waals surface area contributed by atoms with E-state index in [-0.39, 0.29) is 11.2 Å². The highest BCUT2D eigenvalue weighted by Gasteiger charge is 2.16. The van der Waals surface area contributed by atoms with Gasteiger partial charge in [0.05, 0.1) is 5.25 Å². The lowest BCUT2D eigenvalue weighted by molar-refractivity contribution is -0.120. The number of rotatable bonds is 9. The molecule has 1 amide bonds. The molecule has 0 spiro atoms. The largest absolute Gasteiger partial charge is 0.360 e. The Balaban J connectivity index is 1.74. The van der Waals surface area contributed by atoms with Crippen LogP contribution in [0.4, 0.5) is 5.13 Å². The second kappa shape index (κ2) is 9.12. The van der Waals surface area contributed by atoms with Crippen LogP contribution in [0.2, 0.25) is 0 Å². The van der Waals surface area contributed by atoms with Crippen LogP contribution in [0.3, 0.4) is 0 Å². The summed E-state index contributed by atoms with van der Waals surface area (Å²) in [5, 5.41) is 17.1. The molecule has 8 heteroatoms. The van der Waals surface area contributed by atoms with Gasteiger partial charge in [0.25, 0.3) is 0 Å². The molecule has 0 aliphatic heterocycles. The predicted molar refractivity (Wildman–Crippen MR) is 95.0 cm³/mol. The Hall–Kier alpha value is -1.12. The highest BCUT2D eigenvalue weighted by molar-refractivity contribution is 8.02. The van der Waals surface area contributed by atoms with Gasteiger partial charge in [-0.2, -0.15) is 0 Å². The number of aromatic nitrogens is 2. The molecule has 5 nitrogen and oxygen atoms in total. The monoisotopic (exact) mass is 356 g/mol. The number of amides is 1. The van der Waals surface area contributed by atoms with Crippen LogP contribution in [0.5, 0.6) is 0 Å². The Morgan fingerprint density at radius 2 is 2.27 bits per heavy atom. The van der Waals surface area contributed by atoms with Crippen molar-refractivity contribution in [3.05, 3.63) is 22.4 Å². The number of nitrogens with zero attached hydrogens (tertiary/aromatic N) is 2. The highest BCUT2D eigenvalue weighted by Crippen LogP contribution is 2.28. The van der Waals surface area contributed by atoms with E-state index in [2.05, 4.69) is 38.3 Å². The van der Waals surface area contributed by atoms with Gasteiger partial charge in [-0.1, -0.05) is 36.1 Å². The van der Waals surface area contributed by atoms with Crippen molar-refractivity contribution in [1.82, 2.24) is 15.5 Å². The molecule has 0 saturated carbocycles. The van der Waals surface area contributed by atoms with Crippen LogP contribution in [0.1, 0.15) is 25.1 Å². The molecule has 1 unspecified atom stereocenters. The van der Waals surface area contributed by atoms with E-state index in [4.69, 9.17) is 0 Å². The van der Waals surface area contributed by atoms with Crippen LogP contribution in [0.15, 0.2) is 21.9 Å². The normalized spacial score (nSPS) is 12.1. The standard InChI is InChI=1S/C14H20N4OS3/c1-3-7-15-12(19)10(2)21-14-18-17-13(22-14)16-8-6-11-5-4-9-20-11/h4-5,9-10H,3,6-8H2,1-2H3,(H,15,19)(H,16,17). The van der Waals surface area contributed by atoms with Gasteiger partial charge in [0.2, 0.25) is 11.0 Å². The minimum atomic E-state index is -0.154. The lowest BCUT2D eigenvalue weighted by Crippen LogP contribution is -2.31. The van der Waals surface area contributed by atoms with Crippen LogP contribution < -0.4 is 10.6 Å². The molecule has 0 bridgehead atoms. The van der Waals surface area contributed by atoms with Gasteiger partial charge >= 0.3 is 0 Å². The number of nitrogens with one attached hydrogen (secondary N) is 2. The summed E-state index contributed by atoms with van der Waals surface area (Å²) in [6.07, 6.45) is 1.93. The fourth-order valence-corrected chi connectivity index (χ4v) is 4.33. The first-order valence-corrected chi connectivity index (χ1v) is 9.80. The highest BCUT2D eigenvalue weighted by atomic mass is 32.2. The number of carbonyl (C=O) groups excluding carboxylic acids is 1. The fraction of sp³-hybridized carbons (Fsp3) is 0.500. The van der Waals surface area contributed by atoms with Gasteiger partial charge in [-0.3, -0.25) is 4.79 Å². The first-order valence-electron chi connectivity index (χ1n) is 7.23. The molecule has 0 aliphatic rings. The van der Waals surface area contributed by atoms with E-state index in [1.165, 1.54) is 28.0 Å². The summed E-state index contributed by atoms with van der Waals surface area (Å²) in [4.78, 5) is 13.2. The van der Waals surface area contributed by atoms with Gasteiger partial charge in [-0.25, -0.2) is 0 Å². The van der Waals surface area contributed by atoms with Crippen LogP contribution >= 0.6 is 34.4 Å². The molecule has 120 valence electrons. The zero-order valence-electron chi connectivity index (χ0n) is 12.7. The fourth-order valence-electron chi connectivity index (χ4n) is 1.67. The molecule has 2 aromatic heterocycles. The van der Waals surface area contributed by atoms with Crippen LogP contribution in [-0.4, -0.2) is 34.4 Å². The topological polar surface area (TPSA) is 66.9 Å². The summed E-state index contributed by atoms with van der Waals surface area (Å²) >= 11 is 4.70. The molecule has 0 fully saturated rings. The summed E-state index contributed by atoms with van der Waals surface area (Å²) < 4.78 is 0.817. The molecule has 2 aromatic rings. The van der Waals surface area contributed by atoms with Crippen molar-refractivity contribution in [1.29, 1.82) is 0 Å². The molecule has 1 atom stereocenters. The van der Waals surface area contributed by atoms with Crippen molar-refractivity contribution in [3.63, 3.8) is 0 Å². The maximum Gasteiger partial charge on any atom is 0.233 e. The summed E-state index contributed by atoms with van der Waals surface area (Å²) in [5.41, 5.74) is 0. The number of thiophene rings is 1. The Labute approximate surface area is 142 Å². The van der Waals surface area contributed by atoms with Gasteiger partial charge in [0, 0.05) is 18.0 Å². The van der Waals surface area contributed by atoms with Gasteiger partial charge in [0.1, 0.15) is 0 Å². The van der Waals surface area contributed by atoms with E-state index in [1.807, 2.05) is 13.8 Å². The Kier molecular flexibility index (Phi) is 7.14. The van der Waals surface area contributed by atoms with Crippen molar-refractivity contribution in [2.24, 2.45) is 0 Å². The molecule has 2 heterocycles. The Morgan fingerprint density at radius 3 is 3.00 bits per heavy atom. The molecule has 0 saturated heterocycles. The molecule has 0 radical (unpaired) electrons.